The standard InChI is InChI=1S/C11H21NO5S/c1-5-6-12(7-10(14)15)9(13)8-18(16,17)11(2,3)4/h5-8H2,1-4H3,(H,14,15). The molecular formula is C11H21NO5S. The van der Waals surface area contributed by atoms with E-state index >= 15 is 0 Å². The molecule has 0 bridgehead atoms. The zero-order valence-electron chi connectivity index (χ0n) is 11.3. The highest BCUT2D eigenvalue weighted by Crippen LogP contribution is 2.16. The lowest BCUT2D eigenvalue weighted by Crippen LogP contribution is -2.43. The molecule has 7 heteroatoms. The Bertz CT molecular complexity index is 408. The fourth-order valence-electron chi connectivity index (χ4n) is 1.20. The number of hydrogen-bond donors (Lipinski definition) is 1. The van der Waals surface area contributed by atoms with E-state index in [-0.39, 0.29) is 6.54 Å². The van der Waals surface area contributed by atoms with Gasteiger partial charge in [0.1, 0.15) is 12.3 Å². The summed E-state index contributed by atoms with van der Waals surface area (Å²) in [6.07, 6.45) is 0.578. The summed E-state index contributed by atoms with van der Waals surface area (Å²) in [6.45, 7) is 6.10. The van der Waals surface area contributed by atoms with Crippen molar-refractivity contribution in [3.05, 3.63) is 0 Å². The van der Waals surface area contributed by atoms with Gasteiger partial charge in [-0.3, -0.25) is 9.59 Å². The average Bonchev–Trinajstić information content (AvgIpc) is 2.13. The summed E-state index contributed by atoms with van der Waals surface area (Å²) in [5, 5.41) is 8.67. The Balaban J connectivity index is 4.86. The molecule has 0 saturated carbocycles. The van der Waals surface area contributed by atoms with E-state index in [1.54, 1.807) is 6.92 Å². The van der Waals surface area contributed by atoms with Crippen LogP contribution in [0.2, 0.25) is 0 Å². The summed E-state index contributed by atoms with van der Waals surface area (Å²) in [6, 6.07) is 0. The molecule has 1 N–H and O–H groups in total. The van der Waals surface area contributed by atoms with E-state index in [1.165, 1.54) is 20.8 Å². The lowest BCUT2D eigenvalue weighted by Gasteiger charge is -2.23. The number of carbonyl (C=O) groups is 2. The van der Waals surface area contributed by atoms with E-state index in [1.807, 2.05) is 0 Å². The third-order valence-corrected chi connectivity index (χ3v) is 4.91. The first-order valence-corrected chi connectivity index (χ1v) is 7.38. The summed E-state index contributed by atoms with van der Waals surface area (Å²) >= 11 is 0. The summed E-state index contributed by atoms with van der Waals surface area (Å²) in [5.74, 6) is -2.46. The summed E-state index contributed by atoms with van der Waals surface area (Å²) < 4.78 is 22.7. The number of sulfone groups is 1. The second kappa shape index (κ2) is 6.17. The van der Waals surface area contributed by atoms with Gasteiger partial charge in [-0.05, 0) is 27.2 Å². The molecule has 18 heavy (non-hydrogen) atoms. The molecule has 0 spiro atoms. The quantitative estimate of drug-likeness (QED) is 0.765. The molecule has 106 valence electrons. The van der Waals surface area contributed by atoms with Crippen LogP contribution in [0.4, 0.5) is 0 Å². The number of hydrogen-bond acceptors (Lipinski definition) is 4. The van der Waals surface area contributed by atoms with Crippen LogP contribution < -0.4 is 0 Å². The molecule has 0 aliphatic heterocycles. The molecule has 0 radical (unpaired) electrons. The largest absolute Gasteiger partial charge is 0.480 e. The SMILES string of the molecule is CCCN(CC(=O)O)C(=O)CS(=O)(=O)C(C)(C)C. The summed E-state index contributed by atoms with van der Waals surface area (Å²) in [4.78, 5) is 23.5. The van der Waals surface area contributed by atoms with Crippen LogP contribution in [0.5, 0.6) is 0 Å². The molecule has 0 fully saturated rings. The number of carboxylic acid groups (broad SMARTS) is 1. The molecule has 0 unspecified atom stereocenters. The van der Waals surface area contributed by atoms with Crippen molar-refractivity contribution in [3.63, 3.8) is 0 Å². The van der Waals surface area contributed by atoms with Gasteiger partial charge in [0.05, 0.1) is 4.75 Å². The molecule has 0 aromatic rings. The van der Waals surface area contributed by atoms with E-state index in [9.17, 15) is 18.0 Å². The molecule has 0 aliphatic carbocycles. The topological polar surface area (TPSA) is 91.8 Å². The van der Waals surface area contributed by atoms with Gasteiger partial charge in [-0.25, -0.2) is 8.42 Å². The number of amides is 1. The zero-order valence-corrected chi connectivity index (χ0v) is 12.1. The van der Waals surface area contributed by atoms with Crippen molar-refractivity contribution in [2.45, 2.75) is 38.9 Å². The van der Waals surface area contributed by atoms with Crippen molar-refractivity contribution in [2.75, 3.05) is 18.8 Å². The number of rotatable bonds is 6. The van der Waals surface area contributed by atoms with E-state index in [2.05, 4.69) is 0 Å². The van der Waals surface area contributed by atoms with E-state index in [4.69, 9.17) is 5.11 Å². The molecule has 0 aromatic carbocycles. The maximum absolute atomic E-state index is 11.9. The van der Waals surface area contributed by atoms with Gasteiger partial charge in [-0.2, -0.15) is 0 Å². The molecule has 0 aliphatic rings. The molecular weight excluding hydrogens is 258 g/mol. The van der Waals surface area contributed by atoms with Gasteiger partial charge in [0, 0.05) is 6.54 Å². The van der Waals surface area contributed by atoms with Crippen LogP contribution in [0.1, 0.15) is 34.1 Å². The third-order valence-electron chi connectivity index (χ3n) is 2.42. The van der Waals surface area contributed by atoms with Crippen molar-refractivity contribution in [3.8, 4) is 0 Å². The lowest BCUT2D eigenvalue weighted by atomic mass is 10.3. The molecule has 1 amide bonds. The van der Waals surface area contributed by atoms with Crippen LogP contribution in [0, 0.1) is 0 Å². The van der Waals surface area contributed by atoms with Crippen LogP contribution in [-0.2, 0) is 19.4 Å². The van der Waals surface area contributed by atoms with Gasteiger partial charge < -0.3 is 10.0 Å². The van der Waals surface area contributed by atoms with Gasteiger partial charge >= 0.3 is 5.97 Å². The molecule has 0 heterocycles. The molecule has 0 aromatic heterocycles. The lowest BCUT2D eigenvalue weighted by molar-refractivity contribution is -0.143. The number of carboxylic acids is 1. The van der Waals surface area contributed by atoms with Crippen molar-refractivity contribution >= 4 is 21.7 Å². The smallest absolute Gasteiger partial charge is 0.323 e. The van der Waals surface area contributed by atoms with Gasteiger partial charge in [-0.1, -0.05) is 6.92 Å². The number of nitrogens with zero attached hydrogens (tertiary/aromatic N) is 1. The van der Waals surface area contributed by atoms with Crippen LogP contribution in [-0.4, -0.2) is 53.9 Å². The Hall–Kier alpha value is -1.11. The van der Waals surface area contributed by atoms with Gasteiger partial charge in [0.15, 0.2) is 9.84 Å². The fraction of sp³-hybridized carbons (Fsp3) is 0.818. The van der Waals surface area contributed by atoms with E-state index < -0.39 is 38.8 Å². The zero-order chi connectivity index (χ0) is 14.6. The maximum Gasteiger partial charge on any atom is 0.323 e. The molecule has 6 nitrogen and oxygen atoms in total. The van der Waals surface area contributed by atoms with Gasteiger partial charge in [0.25, 0.3) is 0 Å². The van der Waals surface area contributed by atoms with Gasteiger partial charge in [-0.15, -0.1) is 0 Å². The average molecular weight is 279 g/mol. The maximum atomic E-state index is 11.9. The fourth-order valence-corrected chi connectivity index (χ4v) is 2.14. The van der Waals surface area contributed by atoms with Crippen LogP contribution in [0.3, 0.4) is 0 Å². The Labute approximate surface area is 108 Å². The van der Waals surface area contributed by atoms with Crippen molar-refractivity contribution in [1.29, 1.82) is 0 Å². The highest BCUT2D eigenvalue weighted by molar-refractivity contribution is 7.93. The second-order valence-corrected chi connectivity index (χ2v) is 7.82. The summed E-state index contributed by atoms with van der Waals surface area (Å²) in [7, 11) is -3.58. The van der Waals surface area contributed by atoms with Crippen molar-refractivity contribution in [1.82, 2.24) is 4.90 Å². The number of carbonyl (C=O) groups excluding carboxylic acids is 1. The number of aliphatic carboxylic acids is 1. The first-order chi connectivity index (χ1) is 8.01. The first kappa shape index (κ1) is 16.9. The predicted octanol–water partition coefficient (Wildman–Crippen LogP) is 0.523. The van der Waals surface area contributed by atoms with E-state index in [0.29, 0.717) is 6.42 Å². The Morgan fingerprint density at radius 2 is 1.72 bits per heavy atom. The highest BCUT2D eigenvalue weighted by atomic mass is 32.2. The Morgan fingerprint density at radius 3 is 2.06 bits per heavy atom. The normalized spacial score (nSPS) is 12.2. The monoisotopic (exact) mass is 279 g/mol. The summed E-state index contributed by atoms with van der Waals surface area (Å²) in [5.41, 5.74) is 0. The van der Waals surface area contributed by atoms with Crippen LogP contribution >= 0.6 is 0 Å². The van der Waals surface area contributed by atoms with E-state index in [0.717, 1.165) is 4.90 Å². The third kappa shape index (κ3) is 5.03. The minimum Gasteiger partial charge on any atom is -0.480 e. The van der Waals surface area contributed by atoms with Crippen molar-refractivity contribution in [2.24, 2.45) is 0 Å². The second-order valence-electron chi connectivity index (χ2n) is 5.08. The molecule has 0 saturated heterocycles. The van der Waals surface area contributed by atoms with Crippen molar-refractivity contribution < 1.29 is 23.1 Å². The molecule has 0 atom stereocenters. The first-order valence-electron chi connectivity index (χ1n) is 5.73. The predicted molar refractivity (Wildman–Crippen MR) is 68.0 cm³/mol. The highest BCUT2D eigenvalue weighted by Gasteiger charge is 2.33. The minimum absolute atomic E-state index is 0.241. The van der Waals surface area contributed by atoms with Gasteiger partial charge in [0.2, 0.25) is 5.91 Å². The van der Waals surface area contributed by atoms with Crippen LogP contribution in [0.25, 0.3) is 0 Å². The Morgan fingerprint density at radius 1 is 1.22 bits per heavy atom. The van der Waals surface area contributed by atoms with Crippen LogP contribution in [0.15, 0.2) is 0 Å². The minimum atomic E-state index is -3.58. The Kier molecular flexibility index (Phi) is 5.79. The molecule has 0 rings (SSSR count).